The Morgan fingerprint density at radius 1 is 0.613 bits per heavy atom. The van der Waals surface area contributed by atoms with E-state index in [1.807, 2.05) is 55.1 Å². The number of nitrogens with one attached hydrogen (secondary N) is 2. The van der Waals surface area contributed by atoms with Crippen molar-refractivity contribution in [3.05, 3.63) is 108 Å². The first-order chi connectivity index (χ1) is 29.8. The molecule has 4 aliphatic rings. The molecule has 6 heterocycles. The maximum atomic E-state index is 12.9. The van der Waals surface area contributed by atoms with E-state index in [4.69, 9.17) is 0 Å². The van der Waals surface area contributed by atoms with Crippen LogP contribution in [0.3, 0.4) is 0 Å². The van der Waals surface area contributed by atoms with Crippen LogP contribution in [0.1, 0.15) is 76.0 Å². The standard InChI is InChI=1S/C26H32N4O2S.C22H32N4O2S/c31-33(32,16-12-21-5-2-1-3-6-21)30-14-10-22(11-15-30)20-29-13-4-7-24-17-23(8-9-26(24)29)25-18-27-28-19-25;1-22(2,3)29(27,28)26-11-8-17(9-12-26)16-25-10-4-5-19-13-18(6-7-21(19)25)20-14-23-24-15-20/h1-3,5-6,8-9,17-19,22H,4,7,10-16,20H2,(H,27,28);6-7,13-15,17H,4-5,8-12,16H2,1-3H3,(H,23,24). The van der Waals surface area contributed by atoms with Crippen molar-refractivity contribution in [2.75, 3.05) is 67.9 Å². The van der Waals surface area contributed by atoms with E-state index >= 15 is 0 Å². The SMILES string of the molecule is CC(C)(C)S(=O)(=O)N1CCC(CN2CCCc3cc(-c4cn[nH]c4)ccc32)CC1.O=S(=O)(CCc1ccccc1)N1CCC(CN2CCCc3cc(-c4cn[nH]c4)ccc32)CC1. The van der Waals surface area contributed by atoms with Gasteiger partial charge in [0.05, 0.1) is 22.9 Å². The summed E-state index contributed by atoms with van der Waals surface area (Å²) in [6.07, 6.45) is 16.5. The van der Waals surface area contributed by atoms with Crippen LogP contribution in [-0.4, -0.2) is 109 Å². The van der Waals surface area contributed by atoms with Gasteiger partial charge >= 0.3 is 0 Å². The molecule has 0 bridgehead atoms. The highest BCUT2D eigenvalue weighted by molar-refractivity contribution is 7.90. The van der Waals surface area contributed by atoms with Gasteiger partial charge in [0.25, 0.3) is 0 Å². The molecule has 4 aliphatic heterocycles. The molecule has 0 amide bonds. The number of piperidine rings is 2. The minimum Gasteiger partial charge on any atom is -0.371 e. The summed E-state index contributed by atoms with van der Waals surface area (Å²) in [5, 5.41) is 13.9. The van der Waals surface area contributed by atoms with Gasteiger partial charge in [-0.25, -0.2) is 25.4 Å². The Balaban J connectivity index is 0.000000172. The number of anilines is 2. The first kappa shape index (κ1) is 44.1. The van der Waals surface area contributed by atoms with E-state index in [9.17, 15) is 16.8 Å². The van der Waals surface area contributed by atoms with Gasteiger partial charge in [-0.2, -0.15) is 10.2 Å². The minimum absolute atomic E-state index is 0.195. The quantitative estimate of drug-likeness (QED) is 0.137. The molecule has 14 heteroatoms. The second-order valence-corrected chi connectivity index (χ2v) is 23.4. The van der Waals surface area contributed by atoms with Crippen molar-refractivity contribution < 1.29 is 16.8 Å². The van der Waals surface area contributed by atoms with E-state index in [-0.39, 0.29) is 5.75 Å². The smallest absolute Gasteiger partial charge is 0.219 e. The van der Waals surface area contributed by atoms with Crippen LogP contribution in [-0.2, 0) is 39.3 Å². The molecule has 0 aliphatic carbocycles. The van der Waals surface area contributed by atoms with E-state index in [2.05, 4.69) is 66.6 Å². The van der Waals surface area contributed by atoms with Crippen molar-refractivity contribution in [3.63, 3.8) is 0 Å². The van der Waals surface area contributed by atoms with Gasteiger partial charge in [-0.15, -0.1) is 0 Å². The van der Waals surface area contributed by atoms with Crippen LogP contribution in [0.4, 0.5) is 11.4 Å². The summed E-state index contributed by atoms with van der Waals surface area (Å²) in [5.74, 6) is 1.27. The Labute approximate surface area is 369 Å². The second kappa shape index (κ2) is 19.1. The summed E-state index contributed by atoms with van der Waals surface area (Å²) in [6.45, 7) is 12.1. The maximum Gasteiger partial charge on any atom is 0.219 e. The molecule has 62 heavy (non-hydrogen) atoms. The van der Waals surface area contributed by atoms with E-state index in [1.54, 1.807) is 29.4 Å². The summed E-state index contributed by atoms with van der Waals surface area (Å²) in [4.78, 5) is 5.03. The highest BCUT2D eigenvalue weighted by Crippen LogP contribution is 2.35. The Hall–Kier alpha value is -4.50. The molecule has 332 valence electrons. The van der Waals surface area contributed by atoms with Gasteiger partial charge in [0.1, 0.15) is 0 Å². The van der Waals surface area contributed by atoms with Crippen LogP contribution in [0.15, 0.2) is 91.5 Å². The van der Waals surface area contributed by atoms with Gasteiger partial charge in [-0.1, -0.05) is 42.5 Å². The van der Waals surface area contributed by atoms with Gasteiger partial charge in [0.2, 0.25) is 20.0 Å². The van der Waals surface area contributed by atoms with Crippen LogP contribution in [0.25, 0.3) is 22.3 Å². The average molecular weight is 881 g/mol. The van der Waals surface area contributed by atoms with E-state index < -0.39 is 24.8 Å². The summed E-state index contributed by atoms with van der Waals surface area (Å²) in [7, 11) is -6.42. The molecule has 2 N–H and O–H groups in total. The predicted octanol–water partition coefficient (Wildman–Crippen LogP) is 7.78. The fraction of sp³-hybridized carbons (Fsp3) is 0.500. The molecule has 12 nitrogen and oxygen atoms in total. The van der Waals surface area contributed by atoms with Crippen molar-refractivity contribution >= 4 is 31.4 Å². The number of aromatic amines is 2. The lowest BCUT2D eigenvalue weighted by molar-refractivity contribution is 0.269. The molecule has 5 aromatic rings. The second-order valence-electron chi connectivity index (χ2n) is 18.6. The third-order valence-corrected chi connectivity index (χ3v) is 17.8. The number of H-pyrrole nitrogens is 2. The molecule has 0 unspecified atom stereocenters. The van der Waals surface area contributed by atoms with E-state index in [0.717, 1.165) is 87.8 Å². The summed E-state index contributed by atoms with van der Waals surface area (Å²) >= 11 is 0. The largest absolute Gasteiger partial charge is 0.371 e. The molecule has 0 saturated carbocycles. The fourth-order valence-corrected chi connectivity index (χ4v) is 12.6. The summed E-state index contributed by atoms with van der Waals surface area (Å²) in [6, 6.07) is 23.3. The Morgan fingerprint density at radius 3 is 1.55 bits per heavy atom. The third-order valence-electron chi connectivity index (χ3n) is 13.4. The van der Waals surface area contributed by atoms with Crippen LogP contribution < -0.4 is 9.80 Å². The topological polar surface area (TPSA) is 139 Å². The van der Waals surface area contributed by atoms with Crippen LogP contribution in [0.5, 0.6) is 0 Å². The number of aryl methyl sites for hydroxylation is 3. The lowest BCUT2D eigenvalue weighted by Crippen LogP contribution is -2.48. The van der Waals surface area contributed by atoms with Crippen molar-refractivity contribution in [2.24, 2.45) is 11.8 Å². The van der Waals surface area contributed by atoms with Crippen molar-refractivity contribution in [2.45, 2.75) is 83.3 Å². The number of fused-ring (bicyclic) bond motifs is 2. The molecular weight excluding hydrogens is 817 g/mol. The highest BCUT2D eigenvalue weighted by atomic mass is 32.2. The van der Waals surface area contributed by atoms with Gasteiger partial charge in [0, 0.05) is 87.3 Å². The van der Waals surface area contributed by atoms with Crippen LogP contribution >= 0.6 is 0 Å². The number of nitrogens with zero attached hydrogens (tertiary/aromatic N) is 6. The normalized spacial score (nSPS) is 18.5. The van der Waals surface area contributed by atoms with E-state index in [0.29, 0.717) is 44.4 Å². The molecule has 0 spiro atoms. The minimum atomic E-state index is -3.22. The highest BCUT2D eigenvalue weighted by Gasteiger charge is 2.38. The van der Waals surface area contributed by atoms with Gasteiger partial charge in [-0.3, -0.25) is 10.2 Å². The number of benzene rings is 3. The Kier molecular flexibility index (Phi) is 13.6. The molecule has 2 aromatic heterocycles. The van der Waals surface area contributed by atoms with Gasteiger partial charge < -0.3 is 9.80 Å². The Bertz CT molecular complexity index is 2440. The van der Waals surface area contributed by atoms with Crippen LogP contribution in [0.2, 0.25) is 0 Å². The first-order valence-corrected chi connectivity index (χ1v) is 25.6. The van der Waals surface area contributed by atoms with E-state index in [1.165, 1.54) is 40.0 Å². The van der Waals surface area contributed by atoms with Crippen molar-refractivity contribution in [1.29, 1.82) is 0 Å². The zero-order valence-electron chi connectivity index (χ0n) is 36.7. The number of hydrogen-bond acceptors (Lipinski definition) is 8. The number of rotatable bonds is 11. The van der Waals surface area contributed by atoms with Gasteiger partial charge in [0.15, 0.2) is 0 Å². The van der Waals surface area contributed by atoms with Crippen molar-refractivity contribution in [3.8, 4) is 22.3 Å². The zero-order valence-corrected chi connectivity index (χ0v) is 38.3. The molecule has 2 saturated heterocycles. The van der Waals surface area contributed by atoms with Crippen LogP contribution in [0, 0.1) is 11.8 Å². The molecule has 3 aromatic carbocycles. The monoisotopic (exact) mass is 880 g/mol. The predicted molar refractivity (Wildman–Crippen MR) is 250 cm³/mol. The molecule has 0 radical (unpaired) electrons. The maximum absolute atomic E-state index is 12.9. The lowest BCUT2D eigenvalue weighted by Gasteiger charge is -2.39. The summed E-state index contributed by atoms with van der Waals surface area (Å²) < 4.78 is 53.8. The molecule has 0 atom stereocenters. The first-order valence-electron chi connectivity index (χ1n) is 22.6. The number of hydrogen-bond donors (Lipinski definition) is 2. The van der Waals surface area contributed by atoms with Crippen molar-refractivity contribution in [1.82, 2.24) is 29.0 Å². The fourth-order valence-electron chi connectivity index (χ4n) is 9.64. The third kappa shape index (κ3) is 10.3. The molecule has 2 fully saturated rings. The molecule has 9 rings (SSSR count). The number of sulfonamides is 2. The van der Waals surface area contributed by atoms with Gasteiger partial charge in [-0.05, 0) is 142 Å². The Morgan fingerprint density at radius 2 is 1.10 bits per heavy atom. The lowest BCUT2D eigenvalue weighted by atomic mass is 9.93. The molecular formula is C48H64N8O4S2. The number of aromatic nitrogens is 4. The zero-order chi connectivity index (χ0) is 43.3. The summed E-state index contributed by atoms with van der Waals surface area (Å²) in [5.41, 5.74) is 11.2. The average Bonchev–Trinajstić information content (AvgIpc) is 4.03.